The number of anilines is 2. The van der Waals surface area contributed by atoms with Crippen LogP contribution in [0.2, 0.25) is 0 Å². The van der Waals surface area contributed by atoms with E-state index in [0.29, 0.717) is 5.76 Å². The Morgan fingerprint density at radius 2 is 1.96 bits per heavy atom. The third-order valence-corrected chi connectivity index (χ3v) is 5.96. The van der Waals surface area contributed by atoms with Crippen molar-refractivity contribution >= 4 is 28.3 Å². The quantitative estimate of drug-likeness (QED) is 0.412. The summed E-state index contributed by atoms with van der Waals surface area (Å²) in [6.45, 7) is 0. The molecule has 5 rings (SSSR count). The molecule has 128 valence electrons. The molecule has 6 heteroatoms. The number of nitrogens with zero attached hydrogens (tertiary/aromatic N) is 1. The van der Waals surface area contributed by atoms with Gasteiger partial charge < -0.3 is 0 Å². The van der Waals surface area contributed by atoms with Crippen LogP contribution in [0.5, 0.6) is 0 Å². The Kier molecular flexibility index (Phi) is 3.61. The fourth-order valence-electron chi connectivity index (χ4n) is 3.24. The number of benzene rings is 2. The number of furan rings is 2. The van der Waals surface area contributed by atoms with Crippen LogP contribution in [-0.4, -0.2) is 5.91 Å². The molecule has 0 fully saturated rings. The zero-order chi connectivity index (χ0) is 17.7. The predicted octanol–water partition coefficient (Wildman–Crippen LogP) is 4.65. The van der Waals surface area contributed by atoms with Crippen LogP contribution in [0.15, 0.2) is 75.8 Å². The van der Waals surface area contributed by atoms with Crippen LogP contribution in [-0.2, 0) is 0 Å². The molecule has 2 aromatic carbocycles. The molecule has 1 aliphatic heterocycles. The molecule has 1 atom stereocenters. The monoisotopic (exact) mass is 539 g/mol. The van der Waals surface area contributed by atoms with Crippen molar-refractivity contribution in [2.45, 2.75) is 6.04 Å². The van der Waals surface area contributed by atoms with Gasteiger partial charge in [-0.25, -0.2) is 0 Å². The van der Waals surface area contributed by atoms with E-state index in [1.54, 1.807) is 37.1 Å². The minimum atomic E-state index is -0.258. The van der Waals surface area contributed by atoms with Crippen molar-refractivity contribution in [1.29, 1.82) is 0 Å². The Morgan fingerprint density at radius 1 is 1.08 bits per heavy atom. The summed E-state index contributed by atoms with van der Waals surface area (Å²) in [7, 11) is 0. The molecule has 5 nitrogen and oxygen atoms in total. The van der Waals surface area contributed by atoms with Crippen LogP contribution in [0.3, 0.4) is 0 Å². The molecule has 4 aromatic rings. The van der Waals surface area contributed by atoms with Crippen LogP contribution in [0, 0.1) is 25.0 Å². The van der Waals surface area contributed by atoms with Gasteiger partial charge in [-0.15, -0.1) is 0 Å². The first-order valence-corrected chi connectivity index (χ1v) is 9.44. The summed E-state index contributed by atoms with van der Waals surface area (Å²) < 4.78 is 13.4. The number of carbonyl (C=O) groups excluding carboxylic acids is 1. The van der Waals surface area contributed by atoms with E-state index >= 15 is 0 Å². The average Bonchev–Trinajstić information content (AvgIpc) is 3.31. The molecule has 1 aliphatic rings. The molecule has 0 aliphatic carbocycles. The number of amides is 1. The summed E-state index contributed by atoms with van der Waals surface area (Å²) in [4.78, 5) is 12.2. The van der Waals surface area contributed by atoms with Crippen LogP contribution in [0.1, 0.15) is 27.9 Å². The predicted molar refractivity (Wildman–Crippen MR) is 93.6 cm³/mol. The number of fused-ring (bicyclic) bond motifs is 2. The van der Waals surface area contributed by atoms with Crippen LogP contribution in [0.25, 0.3) is 11.0 Å². The first kappa shape index (κ1) is 15.7. The number of hydrogen-bond donors (Lipinski definition) is 1. The van der Waals surface area contributed by atoms with Crippen molar-refractivity contribution < 1.29 is 38.6 Å². The average molecular weight is 539 g/mol. The van der Waals surface area contributed by atoms with E-state index in [1.165, 1.54) is 6.26 Å². The number of hydrogen-bond acceptors (Lipinski definition) is 4. The van der Waals surface area contributed by atoms with Crippen molar-refractivity contribution in [3.05, 3.63) is 84.0 Å². The van der Waals surface area contributed by atoms with Crippen molar-refractivity contribution in [2.24, 2.45) is 0 Å². The fourth-order valence-corrected chi connectivity index (χ4v) is 4.62. The molecule has 0 saturated carbocycles. The summed E-state index contributed by atoms with van der Waals surface area (Å²) in [6.07, 6.45) is 1.49. The van der Waals surface area contributed by atoms with Gasteiger partial charge in [0.15, 0.2) is 0 Å². The van der Waals surface area contributed by atoms with Gasteiger partial charge in [-0.05, 0) is 0 Å². The number of rotatable bonds is 3. The molecule has 2 aromatic heterocycles. The Balaban J connectivity index is 1.47. The summed E-state index contributed by atoms with van der Waals surface area (Å²) in [5.41, 5.74) is 3.93. The summed E-state index contributed by atoms with van der Waals surface area (Å²) in [5.74, 6) is 0.948. The van der Waals surface area contributed by atoms with Crippen LogP contribution in [0.4, 0.5) is 11.4 Å². The molecule has 1 unspecified atom stereocenters. The van der Waals surface area contributed by atoms with Crippen molar-refractivity contribution in [1.82, 2.24) is 0 Å². The summed E-state index contributed by atoms with van der Waals surface area (Å²) in [5, 5.41) is 3.98. The van der Waals surface area contributed by atoms with Gasteiger partial charge in [-0.2, -0.15) is 0 Å². The van der Waals surface area contributed by atoms with E-state index in [1.807, 2.05) is 42.5 Å². The van der Waals surface area contributed by atoms with Crippen LogP contribution < -0.4 is 8.16 Å². The normalized spacial score (nSPS) is 15.6. The third kappa shape index (κ3) is 2.44. The minimum absolute atomic E-state index is 0.0644. The molecule has 0 radical (unpaired) electrons. The third-order valence-electron chi connectivity index (χ3n) is 4.50. The van der Waals surface area contributed by atoms with E-state index in [9.17, 15) is 4.79 Å². The summed E-state index contributed by atoms with van der Waals surface area (Å²) >= 11 is 1.58. The van der Waals surface area contributed by atoms with E-state index in [0.717, 1.165) is 33.7 Å². The van der Waals surface area contributed by atoms with Crippen molar-refractivity contribution in [3.63, 3.8) is 0 Å². The first-order valence-electron chi connectivity index (χ1n) is 8.13. The Morgan fingerprint density at radius 3 is 2.77 bits per heavy atom. The van der Waals surface area contributed by atoms with Crippen LogP contribution >= 0.6 is 0 Å². The SMILES string of the molecule is O=C(Nc1ccc2c(c1)C(c1cc3ccccc3o1)N2[At])c1ccco1. The second-order valence-corrected chi connectivity index (χ2v) is 7.52. The van der Waals surface area contributed by atoms with Crippen molar-refractivity contribution in [3.8, 4) is 0 Å². The maximum atomic E-state index is 12.2. The van der Waals surface area contributed by atoms with Gasteiger partial charge in [0.2, 0.25) is 0 Å². The number of nitrogens with one attached hydrogen (secondary N) is 1. The topological polar surface area (TPSA) is 58.6 Å². The molecular weight excluding hydrogens is 526 g/mol. The van der Waals surface area contributed by atoms with Gasteiger partial charge >= 0.3 is 165 Å². The van der Waals surface area contributed by atoms with E-state index in [-0.39, 0.29) is 11.9 Å². The van der Waals surface area contributed by atoms with Gasteiger partial charge in [0, 0.05) is 0 Å². The molecule has 1 N–H and O–H groups in total. The molecule has 26 heavy (non-hydrogen) atoms. The Bertz CT molecular complexity index is 1080. The maximum absolute atomic E-state index is 12.2. The fraction of sp³-hybridized carbons (Fsp3) is 0.0500. The first-order chi connectivity index (χ1) is 12.7. The zero-order valence-electron chi connectivity index (χ0n) is 13.5. The molecule has 0 saturated heterocycles. The molecule has 0 bridgehead atoms. The standard InChI is InChI=1S/C20H13AtN2O3/c21-23-15-8-7-13(22-20(24)17-6-3-9-25-17)11-14(15)19(23)18-10-12-4-1-2-5-16(12)26-18/h1-11,19H,(H,22,24). The van der Waals surface area contributed by atoms with Gasteiger partial charge in [0.25, 0.3) is 0 Å². The van der Waals surface area contributed by atoms with E-state index in [2.05, 4.69) is 14.2 Å². The molecular formula is C20H13AtN2O3. The Labute approximate surface area is 164 Å². The second-order valence-electron chi connectivity index (χ2n) is 6.11. The Hall–Kier alpha value is -2.59. The second kappa shape index (κ2) is 5.99. The van der Waals surface area contributed by atoms with Gasteiger partial charge in [0.05, 0.1) is 0 Å². The van der Waals surface area contributed by atoms with Crippen molar-refractivity contribution in [2.75, 3.05) is 8.16 Å². The molecule has 3 heterocycles. The molecule has 1 amide bonds. The number of carbonyl (C=O) groups is 1. The van der Waals surface area contributed by atoms with E-state index in [4.69, 9.17) is 8.83 Å². The molecule has 0 spiro atoms. The van der Waals surface area contributed by atoms with Gasteiger partial charge in [-0.1, -0.05) is 0 Å². The van der Waals surface area contributed by atoms with E-state index < -0.39 is 0 Å². The number of para-hydroxylation sites is 1. The van der Waals surface area contributed by atoms with Gasteiger partial charge in [0.1, 0.15) is 0 Å². The zero-order valence-corrected chi connectivity index (χ0v) is 16.4. The summed E-state index contributed by atoms with van der Waals surface area (Å²) in [6, 6.07) is 19.4. The van der Waals surface area contributed by atoms with Gasteiger partial charge in [-0.3, -0.25) is 0 Å².